The molecule has 2 aromatic carbocycles. The third-order valence-electron chi connectivity index (χ3n) is 5.20. The fourth-order valence-corrected chi connectivity index (χ4v) is 4.41. The molecule has 0 unspecified atom stereocenters. The van der Waals surface area contributed by atoms with Crippen molar-refractivity contribution in [3.63, 3.8) is 0 Å². The van der Waals surface area contributed by atoms with E-state index in [9.17, 15) is 14.0 Å². The minimum Gasteiger partial charge on any atom is -0.497 e. The number of ether oxygens (including phenoxy) is 1. The summed E-state index contributed by atoms with van der Waals surface area (Å²) in [5.74, 6) is 0.0603. The Balaban J connectivity index is 1.67. The molecule has 0 saturated heterocycles. The van der Waals surface area contributed by atoms with Crippen molar-refractivity contribution >= 4 is 34.4 Å². The molecule has 4 aromatic rings. The molecule has 0 aliphatic rings. The molecule has 0 bridgehead atoms. The van der Waals surface area contributed by atoms with Crippen LogP contribution in [0.15, 0.2) is 76.8 Å². The SMILES string of the molecule is CC[C@@H](Sc1nc2ncccc2c(=O)n1Cc1ccc(F)cc1)C(=O)Nc1cccc(OC)c1. The molecule has 4 rings (SSSR count). The Hall–Kier alpha value is -3.72. The quantitative estimate of drug-likeness (QED) is 0.297. The molecule has 0 aliphatic carbocycles. The Kier molecular flexibility index (Phi) is 7.22. The van der Waals surface area contributed by atoms with Crippen LogP contribution in [-0.4, -0.2) is 32.8 Å². The van der Waals surface area contributed by atoms with E-state index in [2.05, 4.69) is 15.3 Å². The van der Waals surface area contributed by atoms with Crippen molar-refractivity contribution in [3.05, 3.63) is 88.6 Å². The maximum atomic E-state index is 13.4. The topological polar surface area (TPSA) is 86.1 Å². The maximum Gasteiger partial charge on any atom is 0.263 e. The molecule has 0 radical (unpaired) electrons. The van der Waals surface area contributed by atoms with Crippen LogP contribution in [0.4, 0.5) is 10.1 Å². The van der Waals surface area contributed by atoms with Crippen LogP contribution in [0.5, 0.6) is 5.75 Å². The van der Waals surface area contributed by atoms with E-state index in [-0.39, 0.29) is 23.8 Å². The number of rotatable bonds is 8. The Bertz CT molecular complexity index is 1370. The molecule has 0 fully saturated rings. The molecular weight excluding hydrogens is 455 g/mol. The van der Waals surface area contributed by atoms with Crippen molar-refractivity contribution in [1.29, 1.82) is 0 Å². The number of hydrogen-bond donors (Lipinski definition) is 1. The van der Waals surface area contributed by atoms with E-state index in [0.717, 1.165) is 5.56 Å². The van der Waals surface area contributed by atoms with Gasteiger partial charge in [0.2, 0.25) is 5.91 Å². The zero-order valence-corrected chi connectivity index (χ0v) is 19.5. The number of carbonyl (C=O) groups excluding carboxylic acids is 1. The number of carbonyl (C=O) groups is 1. The largest absolute Gasteiger partial charge is 0.497 e. The van der Waals surface area contributed by atoms with Gasteiger partial charge < -0.3 is 10.1 Å². The van der Waals surface area contributed by atoms with Gasteiger partial charge in [-0.15, -0.1) is 0 Å². The lowest BCUT2D eigenvalue weighted by molar-refractivity contribution is -0.115. The van der Waals surface area contributed by atoms with Crippen molar-refractivity contribution in [3.8, 4) is 5.75 Å². The molecule has 0 spiro atoms. The van der Waals surface area contributed by atoms with E-state index >= 15 is 0 Å². The summed E-state index contributed by atoms with van der Waals surface area (Å²) < 4.78 is 20.1. The number of nitrogens with one attached hydrogen (secondary N) is 1. The van der Waals surface area contributed by atoms with Gasteiger partial charge in [-0.05, 0) is 48.4 Å². The normalized spacial score (nSPS) is 11.9. The zero-order chi connectivity index (χ0) is 24.1. The van der Waals surface area contributed by atoms with Gasteiger partial charge in [0, 0.05) is 18.0 Å². The summed E-state index contributed by atoms with van der Waals surface area (Å²) in [7, 11) is 1.56. The summed E-state index contributed by atoms with van der Waals surface area (Å²) in [5, 5.41) is 3.13. The van der Waals surface area contributed by atoms with Crippen LogP contribution in [0.25, 0.3) is 11.0 Å². The van der Waals surface area contributed by atoms with Crippen LogP contribution in [-0.2, 0) is 11.3 Å². The molecule has 2 aromatic heterocycles. The van der Waals surface area contributed by atoms with Gasteiger partial charge in [0.15, 0.2) is 10.8 Å². The summed E-state index contributed by atoms with van der Waals surface area (Å²) in [5.41, 5.74) is 1.39. The second kappa shape index (κ2) is 10.5. The van der Waals surface area contributed by atoms with Crippen LogP contribution in [0.1, 0.15) is 18.9 Å². The summed E-state index contributed by atoms with van der Waals surface area (Å²) in [6.07, 6.45) is 2.08. The van der Waals surface area contributed by atoms with Crippen molar-refractivity contribution in [2.45, 2.75) is 30.3 Å². The predicted octanol–water partition coefficient (Wildman–Crippen LogP) is 4.50. The number of anilines is 1. The molecular formula is C25H23FN4O3S. The lowest BCUT2D eigenvalue weighted by Crippen LogP contribution is -2.28. The van der Waals surface area contributed by atoms with E-state index in [1.54, 1.807) is 61.8 Å². The molecule has 0 aliphatic heterocycles. The van der Waals surface area contributed by atoms with Crippen LogP contribution in [0.2, 0.25) is 0 Å². The number of nitrogens with zero attached hydrogens (tertiary/aromatic N) is 3. The lowest BCUT2D eigenvalue weighted by atomic mass is 10.2. The van der Waals surface area contributed by atoms with Gasteiger partial charge in [0.25, 0.3) is 5.56 Å². The number of amides is 1. The number of methoxy groups -OCH3 is 1. The average molecular weight is 479 g/mol. The summed E-state index contributed by atoms with van der Waals surface area (Å²) in [6.45, 7) is 2.08. The fourth-order valence-electron chi connectivity index (χ4n) is 3.41. The van der Waals surface area contributed by atoms with Crippen LogP contribution >= 0.6 is 11.8 Å². The molecule has 1 amide bonds. The van der Waals surface area contributed by atoms with Crippen LogP contribution in [0, 0.1) is 5.82 Å². The third kappa shape index (κ3) is 5.26. The first kappa shape index (κ1) is 23.4. The third-order valence-corrected chi connectivity index (χ3v) is 6.55. The van der Waals surface area contributed by atoms with E-state index in [1.807, 2.05) is 6.92 Å². The molecule has 9 heteroatoms. The number of thioether (sulfide) groups is 1. The van der Waals surface area contributed by atoms with Gasteiger partial charge in [-0.2, -0.15) is 0 Å². The van der Waals surface area contributed by atoms with Crippen molar-refractivity contribution in [2.24, 2.45) is 0 Å². The number of halogens is 1. The lowest BCUT2D eigenvalue weighted by Gasteiger charge is -2.18. The first-order valence-corrected chi connectivity index (χ1v) is 11.6. The number of hydrogen-bond acceptors (Lipinski definition) is 6. The second-order valence-corrected chi connectivity index (χ2v) is 8.69. The van der Waals surface area contributed by atoms with Crippen molar-refractivity contribution in [1.82, 2.24) is 14.5 Å². The zero-order valence-electron chi connectivity index (χ0n) is 18.7. The highest BCUT2D eigenvalue weighted by atomic mass is 32.2. The Morgan fingerprint density at radius 3 is 2.71 bits per heavy atom. The van der Waals surface area contributed by atoms with Gasteiger partial charge >= 0.3 is 0 Å². The van der Waals surface area contributed by atoms with E-state index < -0.39 is 5.25 Å². The van der Waals surface area contributed by atoms with Gasteiger partial charge in [-0.3, -0.25) is 14.2 Å². The standard InChI is InChI=1S/C25H23FN4O3S/c1-3-21(23(31)28-18-6-4-7-19(14-18)33-2)34-25-29-22-20(8-5-13-27-22)24(32)30(25)15-16-9-11-17(26)12-10-16/h4-14,21H,3,15H2,1-2H3,(H,28,31)/t21-/m1/s1. The van der Waals surface area contributed by atoms with Gasteiger partial charge in [0.1, 0.15) is 11.6 Å². The second-order valence-electron chi connectivity index (χ2n) is 7.52. The first-order valence-electron chi connectivity index (χ1n) is 10.7. The molecule has 2 heterocycles. The Labute approximate surface area is 200 Å². The highest BCUT2D eigenvalue weighted by Crippen LogP contribution is 2.27. The Morgan fingerprint density at radius 1 is 1.18 bits per heavy atom. The number of fused-ring (bicyclic) bond motifs is 1. The summed E-state index contributed by atoms with van der Waals surface area (Å²) in [4.78, 5) is 35.2. The smallest absolute Gasteiger partial charge is 0.263 e. The summed E-state index contributed by atoms with van der Waals surface area (Å²) in [6, 6.07) is 16.4. The minimum absolute atomic E-state index is 0.188. The molecule has 1 atom stereocenters. The monoisotopic (exact) mass is 478 g/mol. The van der Waals surface area contributed by atoms with Crippen LogP contribution < -0.4 is 15.6 Å². The number of pyridine rings is 1. The van der Waals surface area contributed by atoms with E-state index in [0.29, 0.717) is 34.0 Å². The van der Waals surface area contributed by atoms with Crippen LogP contribution in [0.3, 0.4) is 0 Å². The first-order chi connectivity index (χ1) is 16.5. The summed E-state index contributed by atoms with van der Waals surface area (Å²) >= 11 is 1.20. The van der Waals surface area contributed by atoms with Gasteiger partial charge in [-0.1, -0.05) is 36.9 Å². The maximum absolute atomic E-state index is 13.4. The minimum atomic E-state index is -0.515. The van der Waals surface area contributed by atoms with Crippen molar-refractivity contribution < 1.29 is 13.9 Å². The molecule has 7 nitrogen and oxygen atoms in total. The number of benzene rings is 2. The van der Waals surface area contributed by atoms with Crippen molar-refractivity contribution in [2.75, 3.05) is 12.4 Å². The molecule has 34 heavy (non-hydrogen) atoms. The molecule has 0 saturated carbocycles. The van der Waals surface area contributed by atoms with Gasteiger partial charge in [-0.25, -0.2) is 14.4 Å². The highest BCUT2D eigenvalue weighted by molar-refractivity contribution is 8.00. The predicted molar refractivity (Wildman–Crippen MR) is 131 cm³/mol. The molecule has 174 valence electrons. The fraction of sp³-hybridized carbons (Fsp3) is 0.200. The highest BCUT2D eigenvalue weighted by Gasteiger charge is 2.23. The van der Waals surface area contributed by atoms with E-state index in [1.165, 1.54) is 28.5 Å². The molecule has 1 N–H and O–H groups in total. The Morgan fingerprint density at radius 2 is 1.97 bits per heavy atom. The number of aromatic nitrogens is 3. The van der Waals surface area contributed by atoms with E-state index in [4.69, 9.17) is 4.74 Å². The van der Waals surface area contributed by atoms with Gasteiger partial charge in [0.05, 0.1) is 24.3 Å². The average Bonchev–Trinajstić information content (AvgIpc) is 2.86.